The summed E-state index contributed by atoms with van der Waals surface area (Å²) in [7, 11) is 0. The van der Waals surface area contributed by atoms with Crippen molar-refractivity contribution in [3.63, 3.8) is 0 Å². The van der Waals surface area contributed by atoms with Crippen molar-refractivity contribution in [3.05, 3.63) is 53.6 Å². The van der Waals surface area contributed by atoms with E-state index in [1.54, 1.807) is 19.9 Å². The Morgan fingerprint density at radius 3 is 2.71 bits per heavy atom. The Bertz CT molecular complexity index is 850. The molecule has 0 spiro atoms. The number of fused-ring (bicyclic) bond motifs is 1. The SMILES string of the molecule is CC1(C)Oc2cc(NC(=O)c3cccc(F)c3F)ccc2NC1=O. The zero-order valence-corrected chi connectivity index (χ0v) is 12.9. The number of nitrogens with one attached hydrogen (secondary N) is 2. The van der Waals surface area contributed by atoms with Gasteiger partial charge in [0, 0.05) is 11.8 Å². The predicted octanol–water partition coefficient (Wildman–Crippen LogP) is 3.33. The molecule has 1 aliphatic rings. The van der Waals surface area contributed by atoms with Crippen LogP contribution in [0.4, 0.5) is 20.2 Å². The lowest BCUT2D eigenvalue weighted by molar-refractivity contribution is -0.129. The summed E-state index contributed by atoms with van der Waals surface area (Å²) in [6.45, 7) is 3.22. The second-order valence-corrected chi connectivity index (χ2v) is 5.83. The molecular formula is C17H14F2N2O3. The second kappa shape index (κ2) is 5.59. The van der Waals surface area contributed by atoms with Crippen molar-refractivity contribution in [3.8, 4) is 5.75 Å². The van der Waals surface area contributed by atoms with Crippen LogP contribution in [0, 0.1) is 11.6 Å². The molecule has 0 aromatic heterocycles. The van der Waals surface area contributed by atoms with Gasteiger partial charge < -0.3 is 15.4 Å². The van der Waals surface area contributed by atoms with Crippen LogP contribution in [0.3, 0.4) is 0 Å². The van der Waals surface area contributed by atoms with E-state index in [2.05, 4.69) is 10.6 Å². The maximum atomic E-state index is 13.7. The highest BCUT2D eigenvalue weighted by molar-refractivity contribution is 6.05. The molecule has 1 heterocycles. The molecule has 0 aliphatic carbocycles. The summed E-state index contributed by atoms with van der Waals surface area (Å²) in [5, 5.41) is 5.17. The summed E-state index contributed by atoms with van der Waals surface area (Å²) in [5.74, 6) is -3.00. The predicted molar refractivity (Wildman–Crippen MR) is 84.1 cm³/mol. The van der Waals surface area contributed by atoms with Crippen LogP contribution in [-0.2, 0) is 4.79 Å². The number of amides is 2. The van der Waals surface area contributed by atoms with Gasteiger partial charge in [0.1, 0.15) is 5.75 Å². The molecule has 0 saturated carbocycles. The molecule has 124 valence electrons. The number of carbonyl (C=O) groups is 2. The number of carbonyl (C=O) groups excluding carboxylic acids is 2. The summed E-state index contributed by atoms with van der Waals surface area (Å²) < 4.78 is 32.5. The summed E-state index contributed by atoms with van der Waals surface area (Å²) >= 11 is 0. The minimum Gasteiger partial charge on any atom is -0.476 e. The molecule has 7 heteroatoms. The van der Waals surface area contributed by atoms with E-state index < -0.39 is 28.7 Å². The Hall–Kier alpha value is -2.96. The molecule has 0 saturated heterocycles. The molecule has 0 atom stereocenters. The van der Waals surface area contributed by atoms with Crippen molar-refractivity contribution in [2.45, 2.75) is 19.4 Å². The summed E-state index contributed by atoms with van der Waals surface area (Å²) in [6, 6.07) is 7.96. The van der Waals surface area contributed by atoms with E-state index in [0.29, 0.717) is 17.1 Å². The van der Waals surface area contributed by atoms with E-state index in [0.717, 1.165) is 6.07 Å². The van der Waals surface area contributed by atoms with E-state index in [4.69, 9.17) is 4.74 Å². The van der Waals surface area contributed by atoms with Crippen LogP contribution in [0.2, 0.25) is 0 Å². The first-order valence-corrected chi connectivity index (χ1v) is 7.18. The zero-order chi connectivity index (χ0) is 17.5. The fourth-order valence-electron chi connectivity index (χ4n) is 2.26. The first kappa shape index (κ1) is 15.9. The lowest BCUT2D eigenvalue weighted by Gasteiger charge is -2.31. The fraction of sp³-hybridized carbons (Fsp3) is 0.176. The van der Waals surface area contributed by atoms with Gasteiger partial charge in [-0.2, -0.15) is 0 Å². The molecule has 2 aromatic rings. The highest BCUT2D eigenvalue weighted by Crippen LogP contribution is 2.35. The topological polar surface area (TPSA) is 67.4 Å². The first-order valence-electron chi connectivity index (χ1n) is 7.18. The van der Waals surface area contributed by atoms with Gasteiger partial charge in [0.25, 0.3) is 11.8 Å². The van der Waals surface area contributed by atoms with Gasteiger partial charge in [-0.25, -0.2) is 8.78 Å². The van der Waals surface area contributed by atoms with Crippen molar-refractivity contribution in [2.75, 3.05) is 10.6 Å². The smallest absolute Gasteiger partial charge is 0.268 e. The Labute approximate surface area is 136 Å². The highest BCUT2D eigenvalue weighted by atomic mass is 19.2. The van der Waals surface area contributed by atoms with Gasteiger partial charge in [-0.15, -0.1) is 0 Å². The van der Waals surface area contributed by atoms with Crippen LogP contribution >= 0.6 is 0 Å². The number of hydrogen-bond acceptors (Lipinski definition) is 3. The van der Waals surface area contributed by atoms with Crippen molar-refractivity contribution in [1.82, 2.24) is 0 Å². The normalized spacial score (nSPS) is 15.1. The van der Waals surface area contributed by atoms with Gasteiger partial charge in [-0.3, -0.25) is 9.59 Å². The van der Waals surface area contributed by atoms with Gasteiger partial charge in [0.2, 0.25) is 0 Å². The van der Waals surface area contributed by atoms with Crippen LogP contribution in [0.5, 0.6) is 5.75 Å². The monoisotopic (exact) mass is 332 g/mol. The van der Waals surface area contributed by atoms with Crippen molar-refractivity contribution < 1.29 is 23.1 Å². The number of halogens is 2. The zero-order valence-electron chi connectivity index (χ0n) is 12.9. The molecule has 5 nitrogen and oxygen atoms in total. The van der Waals surface area contributed by atoms with Gasteiger partial charge in [0.15, 0.2) is 17.2 Å². The van der Waals surface area contributed by atoms with Crippen molar-refractivity contribution >= 4 is 23.2 Å². The Balaban J connectivity index is 1.86. The van der Waals surface area contributed by atoms with Crippen LogP contribution in [0.15, 0.2) is 36.4 Å². The van der Waals surface area contributed by atoms with Gasteiger partial charge >= 0.3 is 0 Å². The number of rotatable bonds is 2. The number of ether oxygens (including phenoxy) is 1. The molecule has 24 heavy (non-hydrogen) atoms. The van der Waals surface area contributed by atoms with Crippen molar-refractivity contribution in [2.24, 2.45) is 0 Å². The Kier molecular flexibility index (Phi) is 3.71. The molecule has 0 unspecified atom stereocenters. The minimum atomic E-state index is -1.21. The van der Waals surface area contributed by atoms with Crippen molar-refractivity contribution in [1.29, 1.82) is 0 Å². The molecule has 2 aromatic carbocycles. The highest BCUT2D eigenvalue weighted by Gasteiger charge is 2.35. The molecule has 0 bridgehead atoms. The van der Waals surface area contributed by atoms with Gasteiger partial charge in [-0.05, 0) is 38.1 Å². The molecule has 1 aliphatic heterocycles. The third-order valence-corrected chi connectivity index (χ3v) is 3.60. The van der Waals surface area contributed by atoms with E-state index >= 15 is 0 Å². The molecule has 2 N–H and O–H groups in total. The van der Waals surface area contributed by atoms with Crippen LogP contribution in [0.25, 0.3) is 0 Å². The molecule has 0 fully saturated rings. The van der Waals surface area contributed by atoms with Crippen LogP contribution in [0.1, 0.15) is 24.2 Å². The molecule has 3 rings (SSSR count). The standard InChI is InChI=1S/C17H14F2N2O3/c1-17(2)16(23)21-12-7-6-9(8-13(12)24-17)20-15(22)10-4-3-5-11(18)14(10)19/h3-8H,1-2H3,(H,20,22)(H,21,23). The first-order chi connectivity index (χ1) is 11.3. The average molecular weight is 332 g/mol. The average Bonchev–Trinajstić information content (AvgIpc) is 2.51. The van der Waals surface area contributed by atoms with Crippen LogP contribution < -0.4 is 15.4 Å². The number of hydrogen-bond donors (Lipinski definition) is 2. The van der Waals surface area contributed by atoms with E-state index in [9.17, 15) is 18.4 Å². The summed E-state index contributed by atoms with van der Waals surface area (Å²) in [5.41, 5.74) is -0.657. The van der Waals surface area contributed by atoms with E-state index in [1.165, 1.54) is 24.3 Å². The maximum absolute atomic E-state index is 13.7. The van der Waals surface area contributed by atoms with E-state index in [1.807, 2.05) is 0 Å². The van der Waals surface area contributed by atoms with Crippen LogP contribution in [-0.4, -0.2) is 17.4 Å². The third kappa shape index (κ3) is 2.80. The lowest BCUT2D eigenvalue weighted by atomic mass is 10.1. The quantitative estimate of drug-likeness (QED) is 0.886. The number of anilines is 2. The summed E-state index contributed by atoms with van der Waals surface area (Å²) in [4.78, 5) is 23.9. The molecule has 0 radical (unpaired) electrons. The Morgan fingerprint density at radius 1 is 1.21 bits per heavy atom. The minimum absolute atomic E-state index is 0.284. The molecule has 2 amide bonds. The largest absolute Gasteiger partial charge is 0.476 e. The number of benzene rings is 2. The van der Waals surface area contributed by atoms with E-state index in [-0.39, 0.29) is 5.91 Å². The maximum Gasteiger partial charge on any atom is 0.268 e. The third-order valence-electron chi connectivity index (χ3n) is 3.60. The molecular weight excluding hydrogens is 318 g/mol. The Morgan fingerprint density at radius 2 is 1.96 bits per heavy atom. The lowest BCUT2D eigenvalue weighted by Crippen LogP contribution is -2.45. The second-order valence-electron chi connectivity index (χ2n) is 5.83. The fourth-order valence-corrected chi connectivity index (χ4v) is 2.26. The van der Waals surface area contributed by atoms with Gasteiger partial charge in [-0.1, -0.05) is 6.07 Å². The summed E-state index contributed by atoms with van der Waals surface area (Å²) in [6.07, 6.45) is 0. The van der Waals surface area contributed by atoms with Gasteiger partial charge in [0.05, 0.1) is 11.3 Å².